The zero-order valence-corrected chi connectivity index (χ0v) is 17.4. The lowest BCUT2D eigenvalue weighted by atomic mass is 10.2. The molecule has 0 unspecified atom stereocenters. The topological polar surface area (TPSA) is 92.3 Å². The van der Waals surface area contributed by atoms with Gasteiger partial charge < -0.3 is 5.32 Å². The van der Waals surface area contributed by atoms with Crippen LogP contribution in [0, 0.1) is 6.92 Å². The van der Waals surface area contributed by atoms with Crippen LogP contribution in [0.3, 0.4) is 0 Å². The summed E-state index contributed by atoms with van der Waals surface area (Å²) in [5, 5.41) is 3.21. The van der Waals surface area contributed by atoms with Gasteiger partial charge in [0.15, 0.2) is 0 Å². The SMILES string of the molecule is Cc1ccc(S(=O)(=O)N(C)Cc2ncc(C(=O)Nc3cccc(Cl)c3)cn2)cc1. The number of aryl methyl sites for hydroxylation is 1. The van der Waals surface area contributed by atoms with Crippen LogP contribution in [-0.2, 0) is 16.6 Å². The number of anilines is 1. The van der Waals surface area contributed by atoms with Crippen molar-refractivity contribution in [2.75, 3.05) is 12.4 Å². The van der Waals surface area contributed by atoms with Gasteiger partial charge in [-0.3, -0.25) is 4.79 Å². The first-order valence-electron chi connectivity index (χ1n) is 8.66. The molecule has 1 heterocycles. The molecule has 0 saturated heterocycles. The van der Waals surface area contributed by atoms with Crippen LogP contribution in [0.15, 0.2) is 65.8 Å². The van der Waals surface area contributed by atoms with Crippen LogP contribution in [0.5, 0.6) is 0 Å². The van der Waals surface area contributed by atoms with Gasteiger partial charge in [-0.15, -0.1) is 0 Å². The van der Waals surface area contributed by atoms with Crippen molar-refractivity contribution in [1.82, 2.24) is 14.3 Å². The third-order valence-electron chi connectivity index (χ3n) is 4.14. The number of hydrogen-bond donors (Lipinski definition) is 1. The summed E-state index contributed by atoms with van der Waals surface area (Å²) in [7, 11) is -2.21. The number of aromatic nitrogens is 2. The van der Waals surface area contributed by atoms with Gasteiger partial charge in [0.2, 0.25) is 10.0 Å². The number of amides is 1. The third-order valence-corrected chi connectivity index (χ3v) is 6.20. The molecule has 2 aromatic carbocycles. The molecule has 3 aromatic rings. The van der Waals surface area contributed by atoms with Crippen molar-refractivity contribution in [2.45, 2.75) is 18.4 Å². The smallest absolute Gasteiger partial charge is 0.258 e. The number of nitrogens with zero attached hydrogens (tertiary/aromatic N) is 3. The summed E-state index contributed by atoms with van der Waals surface area (Å²) < 4.78 is 26.5. The van der Waals surface area contributed by atoms with Crippen LogP contribution < -0.4 is 5.32 Å². The molecule has 1 N–H and O–H groups in total. The van der Waals surface area contributed by atoms with Crippen LogP contribution in [-0.4, -0.2) is 35.6 Å². The van der Waals surface area contributed by atoms with Gasteiger partial charge in [-0.2, -0.15) is 4.31 Å². The Kier molecular flexibility index (Phi) is 6.26. The summed E-state index contributed by atoms with van der Waals surface area (Å²) in [5.74, 6) is -0.109. The average Bonchev–Trinajstić information content (AvgIpc) is 2.69. The highest BCUT2D eigenvalue weighted by Gasteiger charge is 2.21. The van der Waals surface area contributed by atoms with E-state index in [-0.39, 0.29) is 28.7 Å². The van der Waals surface area contributed by atoms with Gasteiger partial charge in [-0.05, 0) is 37.3 Å². The molecule has 0 atom stereocenters. The molecule has 0 saturated carbocycles. The molecule has 0 aliphatic heterocycles. The largest absolute Gasteiger partial charge is 0.322 e. The zero-order valence-electron chi connectivity index (χ0n) is 15.8. The van der Waals surface area contributed by atoms with E-state index in [0.717, 1.165) is 5.56 Å². The molecule has 7 nitrogen and oxygen atoms in total. The molecule has 29 heavy (non-hydrogen) atoms. The van der Waals surface area contributed by atoms with E-state index in [4.69, 9.17) is 11.6 Å². The number of rotatable bonds is 6. The maximum absolute atomic E-state index is 12.6. The predicted molar refractivity (Wildman–Crippen MR) is 111 cm³/mol. The summed E-state index contributed by atoms with van der Waals surface area (Å²) in [6.45, 7) is 1.87. The van der Waals surface area contributed by atoms with Crippen molar-refractivity contribution in [3.05, 3.63) is 82.9 Å². The number of benzene rings is 2. The van der Waals surface area contributed by atoms with E-state index in [1.807, 2.05) is 6.92 Å². The number of carbonyl (C=O) groups is 1. The van der Waals surface area contributed by atoms with Crippen molar-refractivity contribution in [3.8, 4) is 0 Å². The summed E-state index contributed by atoms with van der Waals surface area (Å²) in [5.41, 5.74) is 1.77. The molecule has 0 bridgehead atoms. The Balaban J connectivity index is 1.68. The predicted octanol–water partition coefficient (Wildman–Crippen LogP) is 3.51. The standard InChI is InChI=1S/C20H19ClN4O3S/c1-14-6-8-18(9-7-14)29(27,28)25(2)13-19-22-11-15(12-23-19)20(26)24-17-5-3-4-16(21)10-17/h3-12H,13H2,1-2H3,(H,24,26). The van der Waals surface area contributed by atoms with E-state index in [2.05, 4.69) is 15.3 Å². The molecule has 150 valence electrons. The van der Waals surface area contributed by atoms with Crippen LogP contribution in [0.1, 0.15) is 21.7 Å². The van der Waals surface area contributed by atoms with Gasteiger partial charge in [0.1, 0.15) is 5.82 Å². The Bertz CT molecular complexity index is 1120. The second-order valence-electron chi connectivity index (χ2n) is 6.43. The Morgan fingerprint density at radius 3 is 2.38 bits per heavy atom. The minimum absolute atomic E-state index is 0.0214. The normalized spacial score (nSPS) is 11.4. The van der Waals surface area contributed by atoms with Gasteiger partial charge in [0.25, 0.3) is 5.91 Å². The molecule has 1 aromatic heterocycles. The second kappa shape index (κ2) is 8.69. The Hall–Kier alpha value is -2.81. The quantitative estimate of drug-likeness (QED) is 0.646. The monoisotopic (exact) mass is 430 g/mol. The van der Waals surface area contributed by atoms with Crippen molar-refractivity contribution in [2.24, 2.45) is 0 Å². The fourth-order valence-electron chi connectivity index (χ4n) is 2.50. The highest BCUT2D eigenvalue weighted by Crippen LogP contribution is 2.17. The first-order valence-corrected chi connectivity index (χ1v) is 10.5. The molecule has 3 rings (SSSR count). The van der Waals surface area contributed by atoms with Crippen LogP contribution in [0.2, 0.25) is 5.02 Å². The Morgan fingerprint density at radius 2 is 1.76 bits per heavy atom. The van der Waals surface area contributed by atoms with Gasteiger partial charge >= 0.3 is 0 Å². The van der Waals surface area contributed by atoms with Gasteiger partial charge in [-0.25, -0.2) is 18.4 Å². The van der Waals surface area contributed by atoms with Gasteiger partial charge in [0.05, 0.1) is 17.0 Å². The van der Waals surface area contributed by atoms with Crippen molar-refractivity contribution < 1.29 is 13.2 Å². The number of halogens is 1. The van der Waals surface area contributed by atoms with Crippen molar-refractivity contribution in [3.63, 3.8) is 0 Å². The summed E-state index contributed by atoms with van der Waals surface area (Å²) >= 11 is 5.90. The molecule has 0 fully saturated rings. The lowest BCUT2D eigenvalue weighted by Gasteiger charge is -2.16. The molecule has 1 amide bonds. The number of nitrogens with one attached hydrogen (secondary N) is 1. The molecule has 0 aliphatic carbocycles. The summed E-state index contributed by atoms with van der Waals surface area (Å²) in [4.78, 5) is 20.7. The Labute approximate surface area is 174 Å². The number of carbonyl (C=O) groups excluding carboxylic acids is 1. The lowest BCUT2D eigenvalue weighted by molar-refractivity contribution is 0.102. The van der Waals surface area contributed by atoms with Crippen LogP contribution >= 0.6 is 11.6 Å². The van der Waals surface area contributed by atoms with Gasteiger partial charge in [-0.1, -0.05) is 35.4 Å². The van der Waals surface area contributed by atoms with Gasteiger partial charge in [0, 0.05) is 30.2 Å². The van der Waals surface area contributed by atoms with E-state index in [0.29, 0.717) is 10.7 Å². The minimum atomic E-state index is -3.66. The average molecular weight is 431 g/mol. The highest BCUT2D eigenvalue weighted by atomic mass is 35.5. The second-order valence-corrected chi connectivity index (χ2v) is 8.91. The molecule has 0 aliphatic rings. The van der Waals surface area contributed by atoms with E-state index >= 15 is 0 Å². The molecular formula is C20H19ClN4O3S. The maximum Gasteiger partial charge on any atom is 0.258 e. The fraction of sp³-hybridized carbons (Fsp3) is 0.150. The first-order chi connectivity index (χ1) is 13.8. The van der Waals surface area contributed by atoms with Crippen LogP contribution in [0.4, 0.5) is 5.69 Å². The zero-order chi connectivity index (χ0) is 21.0. The molecule has 0 radical (unpaired) electrons. The van der Waals surface area contributed by atoms with E-state index in [1.54, 1.807) is 48.5 Å². The minimum Gasteiger partial charge on any atom is -0.322 e. The van der Waals surface area contributed by atoms with E-state index in [1.165, 1.54) is 23.7 Å². The summed E-state index contributed by atoms with van der Waals surface area (Å²) in [6.07, 6.45) is 2.71. The first kappa shape index (κ1) is 20.9. The molecular weight excluding hydrogens is 412 g/mol. The number of hydrogen-bond acceptors (Lipinski definition) is 5. The summed E-state index contributed by atoms with van der Waals surface area (Å²) in [6, 6.07) is 13.4. The number of sulfonamides is 1. The van der Waals surface area contributed by atoms with Crippen molar-refractivity contribution >= 4 is 33.2 Å². The van der Waals surface area contributed by atoms with Crippen LogP contribution in [0.25, 0.3) is 0 Å². The van der Waals surface area contributed by atoms with E-state index in [9.17, 15) is 13.2 Å². The third kappa shape index (κ3) is 5.17. The van der Waals surface area contributed by atoms with Crippen molar-refractivity contribution in [1.29, 1.82) is 0 Å². The lowest BCUT2D eigenvalue weighted by Crippen LogP contribution is -2.27. The Morgan fingerprint density at radius 1 is 1.10 bits per heavy atom. The molecule has 9 heteroatoms. The maximum atomic E-state index is 12.6. The fourth-order valence-corrected chi connectivity index (χ4v) is 3.81. The van der Waals surface area contributed by atoms with E-state index < -0.39 is 10.0 Å². The highest BCUT2D eigenvalue weighted by molar-refractivity contribution is 7.89. The molecule has 0 spiro atoms.